The van der Waals surface area contributed by atoms with Gasteiger partial charge in [-0.3, -0.25) is 0 Å². The number of halogens is 1. The molecule has 31 heavy (non-hydrogen) atoms. The molecule has 2 amide bonds. The van der Waals surface area contributed by atoms with Crippen molar-refractivity contribution in [2.45, 2.75) is 63.9 Å². The number of hydrogen-bond acceptors (Lipinski definition) is 5. The maximum absolute atomic E-state index is 14.9. The van der Waals surface area contributed by atoms with Gasteiger partial charge in [0.1, 0.15) is 5.82 Å². The van der Waals surface area contributed by atoms with Crippen LogP contribution < -0.4 is 10.2 Å². The Bertz CT molecular complexity index is 724. The zero-order valence-corrected chi connectivity index (χ0v) is 18.5. The second kappa shape index (κ2) is 10.1. The van der Waals surface area contributed by atoms with Crippen LogP contribution in [0.2, 0.25) is 0 Å². The van der Waals surface area contributed by atoms with E-state index in [1.165, 1.54) is 6.07 Å². The number of carbonyl (C=O) groups excluding carboxylic acids is 1. The number of anilines is 2. The van der Waals surface area contributed by atoms with Crippen molar-refractivity contribution >= 4 is 17.4 Å². The molecule has 0 radical (unpaired) electrons. The molecule has 0 aromatic heterocycles. The average molecular weight is 436 g/mol. The van der Waals surface area contributed by atoms with E-state index in [1.54, 1.807) is 17.0 Å². The second-order valence-corrected chi connectivity index (χ2v) is 8.93. The Labute approximate surface area is 183 Å². The summed E-state index contributed by atoms with van der Waals surface area (Å²) in [6, 6.07) is 4.65. The van der Waals surface area contributed by atoms with Crippen molar-refractivity contribution in [1.82, 2.24) is 4.90 Å². The van der Waals surface area contributed by atoms with E-state index in [9.17, 15) is 9.18 Å². The third-order valence-corrected chi connectivity index (χ3v) is 6.14. The summed E-state index contributed by atoms with van der Waals surface area (Å²) in [5, 5.41) is 2.87. The van der Waals surface area contributed by atoms with E-state index in [1.807, 2.05) is 18.7 Å². The highest BCUT2D eigenvalue weighted by Gasteiger charge is 2.28. The van der Waals surface area contributed by atoms with Crippen LogP contribution in [0.15, 0.2) is 18.2 Å². The third-order valence-electron chi connectivity index (χ3n) is 6.14. The summed E-state index contributed by atoms with van der Waals surface area (Å²) in [6.45, 7) is 7.80. The van der Waals surface area contributed by atoms with E-state index in [-0.39, 0.29) is 36.3 Å². The summed E-state index contributed by atoms with van der Waals surface area (Å²) in [4.78, 5) is 16.8. The number of rotatable bonds is 6. The van der Waals surface area contributed by atoms with Crippen LogP contribution >= 0.6 is 0 Å². The summed E-state index contributed by atoms with van der Waals surface area (Å²) < 4.78 is 32.1. The number of amides is 2. The number of morpholine rings is 1. The fraction of sp³-hybridized carbons (Fsp3) is 0.696. The fourth-order valence-corrected chi connectivity index (χ4v) is 4.73. The molecular weight excluding hydrogens is 401 g/mol. The van der Waals surface area contributed by atoms with E-state index in [2.05, 4.69) is 5.32 Å². The van der Waals surface area contributed by atoms with Gasteiger partial charge in [-0.05, 0) is 57.7 Å². The monoisotopic (exact) mass is 435 g/mol. The lowest BCUT2D eigenvalue weighted by Crippen LogP contribution is -2.46. The van der Waals surface area contributed by atoms with Gasteiger partial charge in [0.25, 0.3) is 0 Å². The van der Waals surface area contributed by atoms with Gasteiger partial charge < -0.3 is 29.3 Å². The van der Waals surface area contributed by atoms with Crippen LogP contribution in [0.25, 0.3) is 0 Å². The molecule has 7 nitrogen and oxygen atoms in total. The van der Waals surface area contributed by atoms with E-state index < -0.39 is 0 Å². The maximum Gasteiger partial charge on any atom is 0.322 e. The normalized spacial score (nSPS) is 28.7. The summed E-state index contributed by atoms with van der Waals surface area (Å²) in [5.74, 6) is -0.344. The lowest BCUT2D eigenvalue weighted by molar-refractivity contribution is -0.00539. The molecule has 0 aliphatic carbocycles. The molecule has 8 heteroatoms. The topological polar surface area (TPSA) is 63.3 Å². The van der Waals surface area contributed by atoms with Gasteiger partial charge >= 0.3 is 6.03 Å². The zero-order chi connectivity index (χ0) is 21.8. The molecule has 1 aromatic carbocycles. The molecule has 0 bridgehead atoms. The van der Waals surface area contributed by atoms with Gasteiger partial charge in [-0.25, -0.2) is 9.18 Å². The molecule has 3 fully saturated rings. The molecule has 3 saturated heterocycles. The Hall–Kier alpha value is -1.90. The van der Waals surface area contributed by atoms with Crippen molar-refractivity contribution in [2.24, 2.45) is 0 Å². The minimum atomic E-state index is -0.344. The number of nitrogens with one attached hydrogen (secondary N) is 1. The van der Waals surface area contributed by atoms with Crippen molar-refractivity contribution in [2.75, 3.05) is 49.6 Å². The molecule has 0 saturated carbocycles. The molecule has 172 valence electrons. The summed E-state index contributed by atoms with van der Waals surface area (Å²) in [6.07, 6.45) is 4.15. The summed E-state index contributed by atoms with van der Waals surface area (Å²) in [5.41, 5.74) is 0.987. The highest BCUT2D eigenvalue weighted by Crippen LogP contribution is 2.26. The van der Waals surface area contributed by atoms with Crippen LogP contribution in [-0.2, 0) is 14.2 Å². The molecule has 4 atom stereocenters. The molecule has 4 unspecified atom stereocenters. The lowest BCUT2D eigenvalue weighted by Gasteiger charge is -2.37. The first-order chi connectivity index (χ1) is 15.0. The maximum atomic E-state index is 14.9. The van der Waals surface area contributed by atoms with Crippen molar-refractivity contribution in [3.63, 3.8) is 0 Å². The average Bonchev–Trinajstić information content (AvgIpc) is 3.41. The number of ether oxygens (including phenoxy) is 3. The predicted octanol–water partition coefficient (Wildman–Crippen LogP) is 3.63. The molecular formula is C23H34FN3O4. The van der Waals surface area contributed by atoms with Crippen molar-refractivity contribution in [3.05, 3.63) is 24.0 Å². The third kappa shape index (κ3) is 5.87. The van der Waals surface area contributed by atoms with Crippen LogP contribution in [0.1, 0.15) is 39.5 Å². The number of urea groups is 1. The Morgan fingerprint density at radius 1 is 1.10 bits per heavy atom. The summed E-state index contributed by atoms with van der Waals surface area (Å²) in [7, 11) is 0. The number of nitrogens with zero attached hydrogens (tertiary/aromatic N) is 2. The Balaban J connectivity index is 1.41. The van der Waals surface area contributed by atoms with Gasteiger partial charge in [-0.1, -0.05) is 0 Å². The quantitative estimate of drug-likeness (QED) is 0.739. The van der Waals surface area contributed by atoms with Gasteiger partial charge in [0, 0.05) is 45.1 Å². The minimum absolute atomic E-state index is 0.0479. The first-order valence-electron chi connectivity index (χ1n) is 11.5. The van der Waals surface area contributed by atoms with E-state index in [0.29, 0.717) is 37.6 Å². The van der Waals surface area contributed by atoms with Crippen LogP contribution in [-0.4, -0.2) is 74.7 Å². The molecule has 1 N–H and O–H groups in total. The largest absolute Gasteiger partial charge is 0.376 e. The highest BCUT2D eigenvalue weighted by atomic mass is 19.1. The van der Waals surface area contributed by atoms with Crippen LogP contribution in [0, 0.1) is 5.82 Å². The van der Waals surface area contributed by atoms with Crippen LogP contribution in [0.4, 0.5) is 20.6 Å². The highest BCUT2D eigenvalue weighted by molar-refractivity contribution is 5.89. The van der Waals surface area contributed by atoms with E-state index in [4.69, 9.17) is 14.2 Å². The van der Waals surface area contributed by atoms with E-state index >= 15 is 0 Å². The smallest absolute Gasteiger partial charge is 0.322 e. The van der Waals surface area contributed by atoms with Crippen LogP contribution in [0.3, 0.4) is 0 Å². The molecule has 3 aliphatic rings. The van der Waals surface area contributed by atoms with Gasteiger partial charge in [-0.2, -0.15) is 0 Å². The van der Waals surface area contributed by atoms with Crippen LogP contribution in [0.5, 0.6) is 0 Å². The first kappa shape index (κ1) is 22.3. The summed E-state index contributed by atoms with van der Waals surface area (Å²) >= 11 is 0. The van der Waals surface area contributed by atoms with Crippen molar-refractivity contribution in [3.8, 4) is 0 Å². The van der Waals surface area contributed by atoms with Gasteiger partial charge in [0.2, 0.25) is 0 Å². The molecule has 0 spiro atoms. The zero-order valence-electron chi connectivity index (χ0n) is 18.5. The second-order valence-electron chi connectivity index (χ2n) is 8.93. The molecule has 1 aromatic rings. The number of hydrogen-bond donors (Lipinski definition) is 1. The Morgan fingerprint density at radius 3 is 2.23 bits per heavy atom. The Kier molecular flexibility index (Phi) is 7.30. The van der Waals surface area contributed by atoms with Crippen molar-refractivity contribution < 1.29 is 23.4 Å². The number of carbonyl (C=O) groups is 1. The first-order valence-corrected chi connectivity index (χ1v) is 11.5. The standard InChI is InChI=1S/C23H34FN3O4/c1-16-12-26(13-17(2)31-16)22-8-7-18(11-21(22)24)25-23(28)27(14-19-5-3-9-29-19)15-20-6-4-10-30-20/h7-8,11,16-17,19-20H,3-6,9-10,12-15H2,1-2H3,(H,25,28). The van der Waals surface area contributed by atoms with Gasteiger partial charge in [0.15, 0.2) is 0 Å². The predicted molar refractivity (Wildman–Crippen MR) is 117 cm³/mol. The van der Waals surface area contributed by atoms with Gasteiger partial charge in [-0.15, -0.1) is 0 Å². The van der Waals surface area contributed by atoms with Gasteiger partial charge in [0.05, 0.1) is 30.1 Å². The van der Waals surface area contributed by atoms with E-state index in [0.717, 1.165) is 38.9 Å². The number of benzene rings is 1. The minimum Gasteiger partial charge on any atom is -0.376 e. The van der Waals surface area contributed by atoms with Crippen molar-refractivity contribution in [1.29, 1.82) is 0 Å². The SMILES string of the molecule is CC1CN(c2ccc(NC(=O)N(CC3CCCO3)CC3CCCO3)cc2F)CC(C)O1. The molecule has 3 aliphatic heterocycles. The Morgan fingerprint density at radius 2 is 1.71 bits per heavy atom. The molecule has 4 rings (SSSR count). The fourth-order valence-electron chi connectivity index (χ4n) is 4.73. The lowest BCUT2D eigenvalue weighted by atomic mass is 10.1. The molecule has 3 heterocycles.